The Bertz CT molecular complexity index is 1360. The van der Waals surface area contributed by atoms with Crippen LogP contribution in [0.1, 0.15) is 61.1 Å². The molecule has 0 saturated carbocycles. The average molecular weight is 522 g/mol. The lowest BCUT2D eigenvalue weighted by Gasteiger charge is -2.35. The minimum absolute atomic E-state index is 0.399. The van der Waals surface area contributed by atoms with E-state index in [9.17, 15) is 9.32 Å². The van der Waals surface area contributed by atoms with Gasteiger partial charge in [0.1, 0.15) is 0 Å². The largest absolute Gasteiger partial charge is 0.388 e. The lowest BCUT2D eigenvalue weighted by atomic mass is 9.74. The van der Waals surface area contributed by atoms with E-state index in [-0.39, 0.29) is 0 Å². The second-order valence-corrected chi connectivity index (χ2v) is 12.3. The number of benzene rings is 4. The molecule has 0 aliphatic heterocycles. The van der Waals surface area contributed by atoms with Crippen LogP contribution in [0.4, 0.5) is 0 Å². The van der Waals surface area contributed by atoms with E-state index in [0.717, 1.165) is 22.3 Å². The van der Waals surface area contributed by atoms with Crippen LogP contribution < -0.4 is 4.72 Å². The number of hydrogen-bond acceptors (Lipinski definition) is 2. The molecule has 4 aromatic carbocycles. The molecule has 0 aliphatic carbocycles. The van der Waals surface area contributed by atoms with E-state index in [4.69, 9.17) is 0 Å². The van der Waals surface area contributed by atoms with E-state index < -0.39 is 39.7 Å². The first-order valence-corrected chi connectivity index (χ1v) is 14.1. The van der Waals surface area contributed by atoms with Gasteiger partial charge in [-0.2, -0.15) is 0 Å². The first kappa shape index (κ1) is 27.5. The van der Waals surface area contributed by atoms with E-state index in [2.05, 4.69) is 16.6 Å². The molecule has 0 aromatic heterocycles. The van der Waals surface area contributed by atoms with Crippen molar-refractivity contribution in [1.29, 1.82) is 0 Å². The number of nitrogens with one attached hydrogen (secondary N) is 1. The monoisotopic (exact) mass is 521 g/mol. The van der Waals surface area contributed by atoms with Gasteiger partial charge in [0.05, 0.1) is 33.8 Å². The molecule has 0 aliphatic rings. The summed E-state index contributed by atoms with van der Waals surface area (Å²) in [6.45, 7) is 5.86. The van der Waals surface area contributed by atoms with E-state index in [0.29, 0.717) is 0 Å². The molecule has 0 heterocycles. The number of hydrogen-bond donors (Lipinski definition) is 2. The Balaban J connectivity index is 1.92. The number of rotatable bonds is 8. The highest BCUT2D eigenvalue weighted by molar-refractivity contribution is 7.84. The molecule has 194 valence electrons. The highest BCUT2D eigenvalue weighted by atomic mass is 32.2. The molecule has 0 radical (unpaired) electrons. The molecule has 4 aromatic rings. The Morgan fingerprint density at radius 1 is 0.684 bits per heavy atom. The summed E-state index contributed by atoms with van der Waals surface area (Å²) in [5.74, 6) is 6.08. The summed E-state index contributed by atoms with van der Waals surface area (Å²) in [6.07, 6.45) is -0.829. The van der Waals surface area contributed by atoms with Crippen LogP contribution >= 0.6 is 0 Å². The first-order valence-electron chi connectivity index (χ1n) is 12.9. The molecule has 3 nitrogen and oxygen atoms in total. The molecule has 38 heavy (non-hydrogen) atoms. The van der Waals surface area contributed by atoms with Crippen molar-refractivity contribution in [3.63, 3.8) is 0 Å². The third-order valence-corrected chi connectivity index (χ3v) is 8.10. The van der Waals surface area contributed by atoms with Crippen LogP contribution in [0.15, 0.2) is 121 Å². The minimum Gasteiger partial charge on any atom is -0.388 e. The van der Waals surface area contributed by atoms with Crippen molar-refractivity contribution in [2.45, 2.75) is 43.6 Å². The Hall–Kier alpha value is -3.49. The topological polar surface area (TPSA) is 49.3 Å². The molecule has 0 spiro atoms. The van der Waals surface area contributed by atoms with Crippen LogP contribution in [-0.2, 0) is 11.0 Å². The first-order chi connectivity index (χ1) is 18.3. The van der Waals surface area contributed by atoms with Crippen LogP contribution in [0.5, 0.6) is 0 Å². The van der Waals surface area contributed by atoms with E-state index in [1.54, 1.807) is 0 Å². The van der Waals surface area contributed by atoms with Gasteiger partial charge in [-0.25, -0.2) is 8.93 Å². The molecular weight excluding hydrogens is 486 g/mol. The lowest BCUT2D eigenvalue weighted by molar-refractivity contribution is 0.119. The standard InChI is InChI=1S/C34H35NO2S/c1-34(2,3)38(37)35-32(28-20-12-6-13-21-28)30(25-24-26-16-8-4-9-17-26)31(27-18-10-5-11-19-27)33(36)29-22-14-7-15-23-29/h4-23,30-33,35-36H,1-3H3/t30?,31?,32-,33?,38?/m0/s1. The quantitative estimate of drug-likeness (QED) is 0.246. The molecule has 0 amide bonds. The summed E-state index contributed by atoms with van der Waals surface area (Å²) < 4.78 is 16.5. The van der Waals surface area contributed by atoms with Gasteiger partial charge in [-0.15, -0.1) is 0 Å². The zero-order chi connectivity index (χ0) is 27.0. The fourth-order valence-corrected chi connectivity index (χ4v) is 5.36. The third-order valence-electron chi connectivity index (χ3n) is 6.52. The normalized spacial score (nSPS) is 15.4. The predicted octanol–water partition coefficient (Wildman–Crippen LogP) is 6.96. The molecule has 2 N–H and O–H groups in total. The van der Waals surface area contributed by atoms with Gasteiger partial charge in [0, 0.05) is 11.5 Å². The van der Waals surface area contributed by atoms with E-state index in [1.807, 2.05) is 142 Å². The van der Waals surface area contributed by atoms with Crippen LogP contribution in [0, 0.1) is 17.8 Å². The fourth-order valence-electron chi connectivity index (χ4n) is 4.49. The van der Waals surface area contributed by atoms with Crippen LogP contribution in [0.2, 0.25) is 0 Å². The van der Waals surface area contributed by atoms with E-state index in [1.165, 1.54) is 0 Å². The summed E-state index contributed by atoms with van der Waals surface area (Å²) in [5, 5.41) is 11.9. The summed E-state index contributed by atoms with van der Waals surface area (Å²) >= 11 is 0. The summed E-state index contributed by atoms with van der Waals surface area (Å²) in [5.41, 5.74) is 3.65. The maximum absolute atomic E-state index is 13.5. The number of aliphatic hydroxyl groups excluding tert-OH is 1. The zero-order valence-corrected chi connectivity index (χ0v) is 22.9. The maximum atomic E-state index is 13.5. The second kappa shape index (κ2) is 12.8. The van der Waals surface area contributed by atoms with Crippen molar-refractivity contribution in [3.05, 3.63) is 144 Å². The SMILES string of the molecule is CC(C)(C)S(=O)N[C@@H](c1ccccc1)C(C#Cc1ccccc1)C(c1ccccc1)C(O)c1ccccc1. The van der Waals surface area contributed by atoms with Crippen molar-refractivity contribution >= 4 is 11.0 Å². The molecule has 4 unspecified atom stereocenters. The Morgan fingerprint density at radius 2 is 1.13 bits per heavy atom. The summed E-state index contributed by atoms with van der Waals surface area (Å²) in [7, 11) is -1.37. The van der Waals surface area contributed by atoms with Gasteiger partial charge in [0.15, 0.2) is 0 Å². The fraction of sp³-hybridized carbons (Fsp3) is 0.235. The van der Waals surface area contributed by atoms with Crippen molar-refractivity contribution in [1.82, 2.24) is 4.72 Å². The molecule has 0 saturated heterocycles. The number of aliphatic hydroxyl groups is 1. The predicted molar refractivity (Wildman–Crippen MR) is 158 cm³/mol. The summed E-state index contributed by atoms with van der Waals surface area (Å²) in [4.78, 5) is 0. The molecule has 5 atom stereocenters. The summed E-state index contributed by atoms with van der Waals surface area (Å²) in [6, 6.07) is 39.2. The minimum atomic E-state index is -1.37. The van der Waals surface area contributed by atoms with Crippen molar-refractivity contribution in [2.24, 2.45) is 5.92 Å². The van der Waals surface area contributed by atoms with E-state index >= 15 is 0 Å². The molecule has 4 rings (SSSR count). The Kier molecular flexibility index (Phi) is 9.31. The van der Waals surface area contributed by atoms with Crippen molar-refractivity contribution in [2.75, 3.05) is 0 Å². The van der Waals surface area contributed by atoms with Gasteiger partial charge in [0.25, 0.3) is 0 Å². The Labute approximate surface area is 229 Å². The zero-order valence-electron chi connectivity index (χ0n) is 22.1. The smallest absolute Gasteiger partial charge is 0.0976 e. The van der Waals surface area contributed by atoms with Crippen molar-refractivity contribution < 1.29 is 9.32 Å². The molecule has 4 heteroatoms. The second-order valence-electron chi connectivity index (χ2n) is 10.3. The average Bonchev–Trinajstić information content (AvgIpc) is 2.95. The van der Waals surface area contributed by atoms with Crippen LogP contribution in [0.25, 0.3) is 0 Å². The Morgan fingerprint density at radius 3 is 1.63 bits per heavy atom. The lowest BCUT2D eigenvalue weighted by Crippen LogP contribution is -2.40. The van der Waals surface area contributed by atoms with Gasteiger partial charge >= 0.3 is 0 Å². The van der Waals surface area contributed by atoms with Gasteiger partial charge in [-0.05, 0) is 49.6 Å². The highest BCUT2D eigenvalue weighted by Gasteiger charge is 2.38. The van der Waals surface area contributed by atoms with Gasteiger partial charge in [0.2, 0.25) is 0 Å². The van der Waals surface area contributed by atoms with Crippen LogP contribution in [0.3, 0.4) is 0 Å². The molecule has 0 bridgehead atoms. The van der Waals surface area contributed by atoms with Crippen LogP contribution in [-0.4, -0.2) is 14.1 Å². The highest BCUT2D eigenvalue weighted by Crippen LogP contribution is 2.43. The third kappa shape index (κ3) is 7.08. The van der Waals surface area contributed by atoms with Crippen molar-refractivity contribution in [3.8, 4) is 11.8 Å². The molecule has 0 fully saturated rings. The molecular formula is C34H35NO2S. The maximum Gasteiger partial charge on any atom is 0.0976 e. The van der Waals surface area contributed by atoms with Gasteiger partial charge in [-0.1, -0.05) is 121 Å². The van der Waals surface area contributed by atoms with Gasteiger partial charge in [-0.3, -0.25) is 0 Å². The van der Waals surface area contributed by atoms with Gasteiger partial charge < -0.3 is 5.11 Å².